The maximum Gasteiger partial charge on any atom is 0.330 e. The smallest absolute Gasteiger partial charge is 0.330 e. The SMILES string of the molecule is Cn1cc(N)c(=O)n(CCCCC(C)(C)C#N)c1=O. The highest BCUT2D eigenvalue weighted by Crippen LogP contribution is 2.21. The van der Waals surface area contributed by atoms with E-state index in [1.807, 2.05) is 13.8 Å². The Morgan fingerprint density at radius 1 is 1.37 bits per heavy atom. The Kier molecular flexibility index (Phi) is 4.54. The zero-order chi connectivity index (χ0) is 14.6. The molecular formula is C13H20N4O2. The molecule has 1 rings (SSSR count). The number of unbranched alkanes of at least 4 members (excludes halogenated alkanes) is 1. The minimum Gasteiger partial charge on any atom is -0.393 e. The third-order valence-corrected chi connectivity index (χ3v) is 3.09. The molecule has 104 valence electrons. The lowest BCUT2D eigenvalue weighted by Crippen LogP contribution is -2.39. The first-order valence-electron chi connectivity index (χ1n) is 6.26. The van der Waals surface area contributed by atoms with Crippen LogP contribution in [-0.2, 0) is 13.6 Å². The van der Waals surface area contributed by atoms with Crippen molar-refractivity contribution < 1.29 is 0 Å². The molecule has 1 aromatic rings. The second-order valence-electron chi connectivity index (χ2n) is 5.39. The lowest BCUT2D eigenvalue weighted by molar-refractivity contribution is 0.412. The van der Waals surface area contributed by atoms with Gasteiger partial charge in [0, 0.05) is 19.8 Å². The first kappa shape index (κ1) is 15.0. The van der Waals surface area contributed by atoms with Crippen LogP contribution in [0, 0.1) is 16.7 Å². The van der Waals surface area contributed by atoms with Crippen molar-refractivity contribution in [2.24, 2.45) is 12.5 Å². The molecule has 0 radical (unpaired) electrons. The van der Waals surface area contributed by atoms with Crippen LogP contribution in [0.15, 0.2) is 15.8 Å². The van der Waals surface area contributed by atoms with E-state index in [0.29, 0.717) is 13.0 Å². The molecule has 2 N–H and O–H groups in total. The number of hydrogen-bond donors (Lipinski definition) is 1. The molecule has 0 fully saturated rings. The summed E-state index contributed by atoms with van der Waals surface area (Å²) < 4.78 is 2.45. The molecule has 0 aromatic carbocycles. The summed E-state index contributed by atoms with van der Waals surface area (Å²) in [4.78, 5) is 23.6. The largest absolute Gasteiger partial charge is 0.393 e. The van der Waals surface area contributed by atoms with Crippen molar-refractivity contribution in [3.63, 3.8) is 0 Å². The third-order valence-electron chi connectivity index (χ3n) is 3.09. The molecule has 6 nitrogen and oxygen atoms in total. The molecule has 0 unspecified atom stereocenters. The summed E-state index contributed by atoms with van der Waals surface area (Å²) in [5.74, 6) is 0. The molecule has 0 aliphatic rings. The van der Waals surface area contributed by atoms with Gasteiger partial charge in [-0.05, 0) is 26.7 Å². The van der Waals surface area contributed by atoms with Gasteiger partial charge in [-0.2, -0.15) is 5.26 Å². The first-order chi connectivity index (χ1) is 8.78. The van der Waals surface area contributed by atoms with Gasteiger partial charge in [-0.3, -0.25) is 9.36 Å². The monoisotopic (exact) mass is 264 g/mol. The molecule has 0 saturated heterocycles. The topological polar surface area (TPSA) is 93.8 Å². The highest BCUT2D eigenvalue weighted by atomic mass is 16.2. The van der Waals surface area contributed by atoms with Crippen LogP contribution in [0.3, 0.4) is 0 Å². The van der Waals surface area contributed by atoms with E-state index < -0.39 is 5.56 Å². The van der Waals surface area contributed by atoms with Gasteiger partial charge in [-0.15, -0.1) is 0 Å². The second-order valence-corrected chi connectivity index (χ2v) is 5.39. The Labute approximate surface area is 112 Å². The van der Waals surface area contributed by atoms with Crippen molar-refractivity contribution in [2.45, 2.75) is 39.7 Å². The van der Waals surface area contributed by atoms with E-state index in [2.05, 4.69) is 6.07 Å². The molecule has 6 heteroatoms. The summed E-state index contributed by atoms with van der Waals surface area (Å²) in [6, 6.07) is 2.23. The van der Waals surface area contributed by atoms with Crippen molar-refractivity contribution in [1.29, 1.82) is 5.26 Å². The van der Waals surface area contributed by atoms with E-state index in [0.717, 1.165) is 17.4 Å². The zero-order valence-corrected chi connectivity index (χ0v) is 11.6. The standard InChI is InChI=1S/C13H20N4O2/c1-13(2,9-14)6-4-5-7-17-11(18)10(15)8-16(3)12(17)19/h8H,4-7,15H2,1-3H3. The molecule has 1 aromatic heterocycles. The minimum atomic E-state index is -0.442. The van der Waals surface area contributed by atoms with Gasteiger partial charge in [0.05, 0.1) is 11.5 Å². The van der Waals surface area contributed by atoms with E-state index in [9.17, 15) is 9.59 Å². The van der Waals surface area contributed by atoms with Crippen LogP contribution in [-0.4, -0.2) is 9.13 Å². The molecule has 1 heterocycles. The quantitative estimate of drug-likeness (QED) is 0.798. The lowest BCUT2D eigenvalue weighted by atomic mass is 9.89. The van der Waals surface area contributed by atoms with Crippen molar-refractivity contribution in [2.75, 3.05) is 5.73 Å². The summed E-state index contributed by atoms with van der Waals surface area (Å²) >= 11 is 0. The van der Waals surface area contributed by atoms with Gasteiger partial charge in [-0.1, -0.05) is 6.42 Å². The second kappa shape index (κ2) is 5.74. The summed E-state index contributed by atoms with van der Waals surface area (Å²) in [6.45, 7) is 4.08. The summed E-state index contributed by atoms with van der Waals surface area (Å²) in [7, 11) is 1.56. The normalized spacial score (nSPS) is 11.3. The van der Waals surface area contributed by atoms with Crippen LogP contribution in [0.4, 0.5) is 5.69 Å². The fourth-order valence-electron chi connectivity index (χ4n) is 1.84. The van der Waals surface area contributed by atoms with Crippen molar-refractivity contribution in [3.8, 4) is 6.07 Å². The Morgan fingerprint density at radius 2 is 2.00 bits per heavy atom. The van der Waals surface area contributed by atoms with Gasteiger partial charge in [0.1, 0.15) is 5.69 Å². The van der Waals surface area contributed by atoms with Crippen LogP contribution in [0.25, 0.3) is 0 Å². The molecule has 0 aliphatic heterocycles. The van der Waals surface area contributed by atoms with E-state index in [1.165, 1.54) is 10.8 Å². The van der Waals surface area contributed by atoms with Gasteiger partial charge in [0.2, 0.25) is 0 Å². The summed E-state index contributed by atoms with van der Waals surface area (Å²) in [5, 5.41) is 8.90. The number of nitriles is 1. The van der Waals surface area contributed by atoms with E-state index >= 15 is 0 Å². The Hall–Kier alpha value is -2.03. The highest BCUT2D eigenvalue weighted by molar-refractivity contribution is 5.30. The predicted octanol–water partition coefficient (Wildman–Crippen LogP) is 0.849. The van der Waals surface area contributed by atoms with Gasteiger partial charge in [0.25, 0.3) is 5.56 Å². The zero-order valence-electron chi connectivity index (χ0n) is 11.6. The van der Waals surface area contributed by atoms with Gasteiger partial charge in [-0.25, -0.2) is 4.79 Å². The number of aryl methyl sites for hydroxylation is 1. The molecule has 19 heavy (non-hydrogen) atoms. The summed E-state index contributed by atoms with van der Waals surface area (Å²) in [6.07, 6.45) is 3.52. The van der Waals surface area contributed by atoms with Crippen molar-refractivity contribution in [3.05, 3.63) is 27.0 Å². The molecule has 0 atom stereocenters. The van der Waals surface area contributed by atoms with Gasteiger partial charge in [0.15, 0.2) is 0 Å². The molecule has 0 spiro atoms. The number of aromatic nitrogens is 2. The predicted molar refractivity (Wildman–Crippen MR) is 73.6 cm³/mol. The van der Waals surface area contributed by atoms with Gasteiger partial charge >= 0.3 is 5.69 Å². The van der Waals surface area contributed by atoms with Crippen LogP contribution >= 0.6 is 0 Å². The van der Waals surface area contributed by atoms with Crippen LogP contribution < -0.4 is 17.0 Å². The number of anilines is 1. The average molecular weight is 264 g/mol. The third kappa shape index (κ3) is 3.71. The van der Waals surface area contributed by atoms with Crippen molar-refractivity contribution in [1.82, 2.24) is 9.13 Å². The number of hydrogen-bond acceptors (Lipinski definition) is 4. The molecule has 0 saturated carbocycles. The molecular weight excluding hydrogens is 244 g/mol. The number of nitrogen functional groups attached to an aromatic ring is 1. The number of nitrogens with zero attached hydrogens (tertiary/aromatic N) is 3. The summed E-state index contributed by atoms with van der Waals surface area (Å²) in [5.41, 5.74) is 4.44. The van der Waals surface area contributed by atoms with Crippen molar-refractivity contribution >= 4 is 5.69 Å². The molecule has 0 amide bonds. The lowest BCUT2D eigenvalue weighted by Gasteiger charge is -2.14. The maximum atomic E-state index is 11.8. The van der Waals surface area contributed by atoms with Crippen LogP contribution in [0.2, 0.25) is 0 Å². The van der Waals surface area contributed by atoms with Crippen LogP contribution in [0.1, 0.15) is 33.1 Å². The van der Waals surface area contributed by atoms with E-state index in [4.69, 9.17) is 11.0 Å². The van der Waals surface area contributed by atoms with Crippen LogP contribution in [0.5, 0.6) is 0 Å². The molecule has 0 aliphatic carbocycles. The Bertz CT molecular complexity index is 570. The van der Waals surface area contributed by atoms with Gasteiger partial charge < -0.3 is 10.3 Å². The van der Waals surface area contributed by atoms with E-state index in [-0.39, 0.29) is 16.8 Å². The number of rotatable bonds is 5. The van der Waals surface area contributed by atoms with E-state index in [1.54, 1.807) is 7.05 Å². The maximum absolute atomic E-state index is 11.8. The molecule has 0 bridgehead atoms. The fraction of sp³-hybridized carbons (Fsp3) is 0.615. The fourth-order valence-corrected chi connectivity index (χ4v) is 1.84. The first-order valence-corrected chi connectivity index (χ1v) is 6.26. The average Bonchev–Trinajstić information content (AvgIpc) is 2.35. The number of nitrogens with two attached hydrogens (primary N) is 1. The highest BCUT2D eigenvalue weighted by Gasteiger charge is 2.15. The Balaban J connectivity index is 2.73. The Morgan fingerprint density at radius 3 is 2.58 bits per heavy atom. The minimum absolute atomic E-state index is 0.0689.